The van der Waals surface area contributed by atoms with Gasteiger partial charge in [-0.05, 0) is 18.1 Å². The number of ether oxygens (including phenoxy) is 1. The number of thioether (sulfide) groups is 1. The summed E-state index contributed by atoms with van der Waals surface area (Å²) in [6, 6.07) is 6.40. The fraction of sp³-hybridized carbons (Fsp3) is 0.500. The Morgan fingerprint density at radius 1 is 1.40 bits per heavy atom. The number of hydrogen-bond donors (Lipinski definition) is 1. The Labute approximate surface area is 96.2 Å². The van der Waals surface area contributed by atoms with Crippen molar-refractivity contribution in [3.8, 4) is 5.75 Å². The molecule has 0 atom stereocenters. The Morgan fingerprint density at radius 3 is 2.80 bits per heavy atom. The third-order valence-electron chi connectivity index (χ3n) is 2.27. The van der Waals surface area contributed by atoms with E-state index in [1.54, 1.807) is 7.11 Å². The molecule has 0 radical (unpaired) electrons. The lowest BCUT2D eigenvalue weighted by atomic mass is 10.1. The SMILES string of the molecule is CCc1ccc(OC)c(CSCCN)c1. The van der Waals surface area contributed by atoms with E-state index in [4.69, 9.17) is 10.5 Å². The molecule has 0 fully saturated rings. The van der Waals surface area contributed by atoms with Crippen molar-refractivity contribution in [1.29, 1.82) is 0 Å². The predicted molar refractivity (Wildman–Crippen MR) is 67.6 cm³/mol. The quantitative estimate of drug-likeness (QED) is 0.755. The molecule has 0 amide bonds. The van der Waals surface area contributed by atoms with Crippen molar-refractivity contribution in [3.05, 3.63) is 29.3 Å². The molecule has 15 heavy (non-hydrogen) atoms. The van der Waals surface area contributed by atoms with Crippen LogP contribution >= 0.6 is 11.8 Å². The minimum absolute atomic E-state index is 0.737. The predicted octanol–water partition coefficient (Wildman–Crippen LogP) is 2.45. The molecule has 1 rings (SSSR count). The van der Waals surface area contributed by atoms with Crippen LogP contribution in [0.25, 0.3) is 0 Å². The van der Waals surface area contributed by atoms with E-state index >= 15 is 0 Å². The summed E-state index contributed by atoms with van der Waals surface area (Å²) in [5.74, 6) is 2.96. The Morgan fingerprint density at radius 2 is 2.20 bits per heavy atom. The van der Waals surface area contributed by atoms with Crippen molar-refractivity contribution in [2.75, 3.05) is 19.4 Å². The zero-order chi connectivity index (χ0) is 11.1. The highest BCUT2D eigenvalue weighted by Crippen LogP contribution is 2.24. The third-order valence-corrected chi connectivity index (χ3v) is 3.31. The molecule has 1 aromatic carbocycles. The molecular formula is C12H19NOS. The maximum absolute atomic E-state index is 5.47. The van der Waals surface area contributed by atoms with Gasteiger partial charge >= 0.3 is 0 Å². The number of nitrogens with two attached hydrogens (primary N) is 1. The Hall–Kier alpha value is -0.670. The molecule has 0 aliphatic rings. The number of hydrogen-bond acceptors (Lipinski definition) is 3. The highest BCUT2D eigenvalue weighted by molar-refractivity contribution is 7.98. The topological polar surface area (TPSA) is 35.2 Å². The van der Waals surface area contributed by atoms with E-state index in [2.05, 4.69) is 25.1 Å². The molecule has 0 aliphatic heterocycles. The lowest BCUT2D eigenvalue weighted by Gasteiger charge is -2.09. The molecule has 0 bridgehead atoms. The molecule has 0 saturated carbocycles. The molecule has 2 nitrogen and oxygen atoms in total. The lowest BCUT2D eigenvalue weighted by molar-refractivity contribution is 0.411. The molecule has 2 N–H and O–H groups in total. The van der Waals surface area contributed by atoms with Crippen LogP contribution in [0.2, 0.25) is 0 Å². The van der Waals surface area contributed by atoms with Gasteiger partial charge in [0, 0.05) is 23.6 Å². The maximum atomic E-state index is 5.47. The van der Waals surface area contributed by atoms with E-state index < -0.39 is 0 Å². The van der Waals surface area contributed by atoms with Gasteiger partial charge in [0.1, 0.15) is 5.75 Å². The highest BCUT2D eigenvalue weighted by atomic mass is 32.2. The molecule has 3 heteroatoms. The molecular weight excluding hydrogens is 206 g/mol. The Balaban J connectivity index is 2.72. The van der Waals surface area contributed by atoms with Crippen LogP contribution in [0, 0.1) is 0 Å². The molecule has 0 saturated heterocycles. The number of benzene rings is 1. The normalized spacial score (nSPS) is 10.3. The van der Waals surface area contributed by atoms with Gasteiger partial charge in [0.2, 0.25) is 0 Å². The molecule has 1 aromatic rings. The lowest BCUT2D eigenvalue weighted by Crippen LogP contribution is -2.02. The average Bonchev–Trinajstić information content (AvgIpc) is 2.29. The second kappa shape index (κ2) is 6.75. The van der Waals surface area contributed by atoms with E-state index in [1.165, 1.54) is 11.1 Å². The van der Waals surface area contributed by atoms with Crippen molar-refractivity contribution in [2.45, 2.75) is 19.1 Å². The Kier molecular flexibility index (Phi) is 5.58. The summed E-state index contributed by atoms with van der Waals surface area (Å²) in [4.78, 5) is 0. The first-order valence-corrected chi connectivity index (χ1v) is 6.40. The molecule has 0 aromatic heterocycles. The largest absolute Gasteiger partial charge is 0.496 e. The molecule has 0 aliphatic carbocycles. The second-order valence-corrected chi connectivity index (χ2v) is 4.45. The van der Waals surface area contributed by atoms with Gasteiger partial charge in [-0.25, -0.2) is 0 Å². The van der Waals surface area contributed by atoms with E-state index in [-0.39, 0.29) is 0 Å². The minimum atomic E-state index is 0.737. The van der Waals surface area contributed by atoms with Crippen molar-refractivity contribution < 1.29 is 4.74 Å². The fourth-order valence-electron chi connectivity index (χ4n) is 1.43. The fourth-order valence-corrected chi connectivity index (χ4v) is 2.19. The van der Waals surface area contributed by atoms with Gasteiger partial charge in [-0.1, -0.05) is 19.1 Å². The van der Waals surface area contributed by atoms with E-state index in [0.717, 1.165) is 30.2 Å². The third kappa shape index (κ3) is 3.76. The minimum Gasteiger partial charge on any atom is -0.496 e. The summed E-state index contributed by atoms with van der Waals surface area (Å²) in [5, 5.41) is 0. The smallest absolute Gasteiger partial charge is 0.122 e. The zero-order valence-corrected chi connectivity index (χ0v) is 10.3. The average molecular weight is 225 g/mol. The van der Waals surface area contributed by atoms with Crippen molar-refractivity contribution in [1.82, 2.24) is 0 Å². The molecule has 0 unspecified atom stereocenters. The maximum Gasteiger partial charge on any atom is 0.122 e. The van der Waals surface area contributed by atoms with Gasteiger partial charge in [0.05, 0.1) is 7.11 Å². The summed E-state index contributed by atoms with van der Waals surface area (Å²) >= 11 is 1.85. The first-order chi connectivity index (χ1) is 7.31. The highest BCUT2D eigenvalue weighted by Gasteiger charge is 2.03. The zero-order valence-electron chi connectivity index (χ0n) is 9.45. The summed E-state index contributed by atoms with van der Waals surface area (Å²) < 4.78 is 5.33. The van der Waals surface area contributed by atoms with E-state index in [9.17, 15) is 0 Å². The van der Waals surface area contributed by atoms with Crippen molar-refractivity contribution >= 4 is 11.8 Å². The van der Waals surface area contributed by atoms with Gasteiger partial charge in [-0.2, -0.15) is 11.8 Å². The van der Waals surface area contributed by atoms with Crippen LogP contribution < -0.4 is 10.5 Å². The van der Waals surface area contributed by atoms with Crippen molar-refractivity contribution in [2.24, 2.45) is 5.73 Å². The standard InChI is InChI=1S/C12H19NOS/c1-3-10-4-5-12(14-2)11(8-10)9-15-7-6-13/h4-5,8H,3,6-7,9,13H2,1-2H3. The number of rotatable bonds is 6. The molecule has 0 heterocycles. The summed E-state index contributed by atoms with van der Waals surface area (Å²) in [6.45, 7) is 2.90. The monoisotopic (exact) mass is 225 g/mol. The van der Waals surface area contributed by atoms with E-state index in [1.807, 2.05) is 11.8 Å². The van der Waals surface area contributed by atoms with Gasteiger partial charge in [-0.3, -0.25) is 0 Å². The summed E-state index contributed by atoms with van der Waals surface area (Å²) in [6.07, 6.45) is 1.07. The van der Waals surface area contributed by atoms with Crippen molar-refractivity contribution in [3.63, 3.8) is 0 Å². The molecule has 84 valence electrons. The van der Waals surface area contributed by atoms with Crippen LogP contribution in [0.5, 0.6) is 5.75 Å². The van der Waals surface area contributed by atoms with Crippen LogP contribution in [0.15, 0.2) is 18.2 Å². The van der Waals surface area contributed by atoms with Crippen LogP contribution in [-0.2, 0) is 12.2 Å². The van der Waals surface area contributed by atoms with E-state index in [0.29, 0.717) is 0 Å². The van der Waals surface area contributed by atoms with Crippen LogP contribution in [0.4, 0.5) is 0 Å². The van der Waals surface area contributed by atoms with Gasteiger partial charge < -0.3 is 10.5 Å². The first kappa shape index (κ1) is 12.4. The van der Waals surface area contributed by atoms with Gasteiger partial charge in [0.25, 0.3) is 0 Å². The van der Waals surface area contributed by atoms with Crippen LogP contribution in [0.3, 0.4) is 0 Å². The van der Waals surface area contributed by atoms with Crippen LogP contribution in [-0.4, -0.2) is 19.4 Å². The summed E-state index contributed by atoms with van der Waals surface area (Å²) in [5.41, 5.74) is 8.10. The van der Waals surface area contributed by atoms with Gasteiger partial charge in [-0.15, -0.1) is 0 Å². The Bertz CT molecular complexity index is 302. The molecule has 0 spiro atoms. The van der Waals surface area contributed by atoms with Gasteiger partial charge in [0.15, 0.2) is 0 Å². The summed E-state index contributed by atoms with van der Waals surface area (Å²) in [7, 11) is 1.72. The second-order valence-electron chi connectivity index (χ2n) is 3.34. The first-order valence-electron chi connectivity index (χ1n) is 5.25. The number of aryl methyl sites for hydroxylation is 1. The van der Waals surface area contributed by atoms with Crippen LogP contribution in [0.1, 0.15) is 18.1 Å². The number of methoxy groups -OCH3 is 1.